The van der Waals surface area contributed by atoms with Gasteiger partial charge in [-0.25, -0.2) is 0 Å². The Morgan fingerprint density at radius 3 is 2.13 bits per heavy atom. The van der Waals surface area contributed by atoms with E-state index in [0.29, 0.717) is 17.8 Å². The molecule has 160 valence electrons. The van der Waals surface area contributed by atoms with Gasteiger partial charge in [0.25, 0.3) is 0 Å². The summed E-state index contributed by atoms with van der Waals surface area (Å²) < 4.78 is 77.4. The second kappa shape index (κ2) is 8.02. The summed E-state index contributed by atoms with van der Waals surface area (Å²) in [6.45, 7) is -0.602. The molecular formula is C20H16F6N2O2. The van der Waals surface area contributed by atoms with Crippen LogP contribution >= 0.6 is 0 Å². The van der Waals surface area contributed by atoms with E-state index in [1.54, 1.807) is 18.2 Å². The predicted octanol–water partition coefficient (Wildman–Crippen LogP) is 4.43. The molecule has 0 aliphatic rings. The molecule has 1 unspecified atom stereocenters. The molecule has 1 amide bonds. The second-order valence-electron chi connectivity index (χ2n) is 6.73. The summed E-state index contributed by atoms with van der Waals surface area (Å²) in [6, 6.07) is 10.0. The standard InChI is InChI=1S/C20H16F6N2O2/c21-19(22,23)13-5-11(6-14(8-13)20(24,25)26)10-27-18(30)17(29)9-15-7-12-3-1-2-4-16(12)28-15/h1-8,17,28-29H,9-10H2,(H,27,30). The quantitative estimate of drug-likeness (QED) is 0.525. The van der Waals surface area contributed by atoms with Crippen LogP contribution in [0.3, 0.4) is 0 Å². The van der Waals surface area contributed by atoms with Crippen LogP contribution in [0.25, 0.3) is 10.9 Å². The van der Waals surface area contributed by atoms with E-state index in [9.17, 15) is 36.2 Å². The number of aliphatic hydroxyl groups excluding tert-OH is 1. The lowest BCUT2D eigenvalue weighted by atomic mass is 10.0. The van der Waals surface area contributed by atoms with Gasteiger partial charge in [-0.3, -0.25) is 4.79 Å². The topological polar surface area (TPSA) is 65.1 Å². The lowest BCUT2D eigenvalue weighted by Gasteiger charge is -2.15. The highest BCUT2D eigenvalue weighted by molar-refractivity contribution is 5.82. The Bertz CT molecular complexity index is 990. The molecule has 0 aliphatic carbocycles. The molecule has 1 atom stereocenters. The average molecular weight is 430 g/mol. The van der Waals surface area contributed by atoms with Gasteiger partial charge in [0.1, 0.15) is 6.10 Å². The monoisotopic (exact) mass is 430 g/mol. The predicted molar refractivity (Wildman–Crippen MR) is 96.3 cm³/mol. The van der Waals surface area contributed by atoms with Crippen LogP contribution in [0, 0.1) is 0 Å². The van der Waals surface area contributed by atoms with Crippen molar-refractivity contribution in [3.8, 4) is 0 Å². The molecule has 3 N–H and O–H groups in total. The van der Waals surface area contributed by atoms with Gasteiger partial charge in [0.2, 0.25) is 5.91 Å². The van der Waals surface area contributed by atoms with Gasteiger partial charge in [0, 0.05) is 24.2 Å². The fourth-order valence-electron chi connectivity index (χ4n) is 2.97. The van der Waals surface area contributed by atoms with Crippen molar-refractivity contribution in [1.82, 2.24) is 10.3 Å². The van der Waals surface area contributed by atoms with Crippen molar-refractivity contribution in [1.29, 1.82) is 0 Å². The third kappa shape index (κ3) is 5.12. The summed E-state index contributed by atoms with van der Waals surface area (Å²) in [5.41, 5.74) is -1.98. The lowest BCUT2D eigenvalue weighted by molar-refractivity contribution is -0.143. The maximum absolute atomic E-state index is 12.9. The first-order chi connectivity index (χ1) is 13.9. The van der Waals surface area contributed by atoms with Crippen molar-refractivity contribution in [2.75, 3.05) is 0 Å². The molecule has 1 aromatic heterocycles. The van der Waals surface area contributed by atoms with Gasteiger partial charge in [-0.05, 0) is 41.3 Å². The van der Waals surface area contributed by atoms with Crippen molar-refractivity contribution >= 4 is 16.8 Å². The number of amides is 1. The van der Waals surface area contributed by atoms with Gasteiger partial charge in [0.15, 0.2) is 0 Å². The summed E-state index contributed by atoms with van der Waals surface area (Å²) in [6.07, 6.45) is -11.6. The van der Waals surface area contributed by atoms with Gasteiger partial charge in [-0.15, -0.1) is 0 Å². The van der Waals surface area contributed by atoms with E-state index in [1.807, 2.05) is 12.1 Å². The maximum Gasteiger partial charge on any atom is 0.416 e. The molecule has 0 aliphatic heterocycles. The molecule has 10 heteroatoms. The van der Waals surface area contributed by atoms with E-state index < -0.39 is 42.0 Å². The molecule has 0 bridgehead atoms. The highest BCUT2D eigenvalue weighted by atomic mass is 19.4. The van der Waals surface area contributed by atoms with Crippen LogP contribution < -0.4 is 5.32 Å². The van der Waals surface area contributed by atoms with Gasteiger partial charge < -0.3 is 15.4 Å². The Hall–Kier alpha value is -3.01. The van der Waals surface area contributed by atoms with Crippen molar-refractivity contribution in [2.45, 2.75) is 31.4 Å². The van der Waals surface area contributed by atoms with Crippen LogP contribution in [0.1, 0.15) is 22.4 Å². The molecule has 0 saturated carbocycles. The van der Waals surface area contributed by atoms with Gasteiger partial charge in [-0.1, -0.05) is 18.2 Å². The van der Waals surface area contributed by atoms with E-state index in [0.717, 1.165) is 10.9 Å². The number of benzene rings is 2. The summed E-state index contributed by atoms with van der Waals surface area (Å²) in [5.74, 6) is -0.917. The van der Waals surface area contributed by atoms with E-state index in [4.69, 9.17) is 0 Å². The first-order valence-corrected chi connectivity index (χ1v) is 8.74. The number of para-hydroxylation sites is 1. The number of aromatic nitrogens is 1. The van der Waals surface area contributed by atoms with Crippen LogP contribution in [0.15, 0.2) is 48.5 Å². The SMILES string of the molecule is O=C(NCc1cc(C(F)(F)F)cc(C(F)(F)F)c1)C(O)Cc1cc2ccccc2[nH]1. The molecule has 0 fully saturated rings. The number of nitrogens with one attached hydrogen (secondary N) is 2. The van der Waals surface area contributed by atoms with Crippen molar-refractivity contribution < 1.29 is 36.2 Å². The molecule has 0 spiro atoms. The number of fused-ring (bicyclic) bond motifs is 1. The summed E-state index contributed by atoms with van der Waals surface area (Å²) >= 11 is 0. The Morgan fingerprint density at radius 2 is 1.57 bits per heavy atom. The number of hydrogen-bond acceptors (Lipinski definition) is 2. The molecular weight excluding hydrogens is 414 g/mol. The number of hydrogen-bond donors (Lipinski definition) is 3. The number of rotatable bonds is 5. The van der Waals surface area contributed by atoms with Crippen molar-refractivity contribution in [3.05, 3.63) is 70.9 Å². The minimum atomic E-state index is -4.98. The van der Waals surface area contributed by atoms with Crippen LogP contribution in [-0.4, -0.2) is 22.1 Å². The molecule has 30 heavy (non-hydrogen) atoms. The summed E-state index contributed by atoms with van der Waals surface area (Å²) in [4.78, 5) is 15.1. The Labute approximate surface area is 166 Å². The van der Waals surface area contributed by atoms with Crippen LogP contribution in [0.2, 0.25) is 0 Å². The Balaban J connectivity index is 1.69. The first kappa shape index (κ1) is 21.7. The second-order valence-corrected chi connectivity index (χ2v) is 6.73. The Morgan fingerprint density at radius 1 is 0.967 bits per heavy atom. The maximum atomic E-state index is 12.9. The Kier molecular flexibility index (Phi) is 5.80. The third-order valence-electron chi connectivity index (χ3n) is 4.42. The number of halogens is 6. The lowest BCUT2D eigenvalue weighted by Crippen LogP contribution is -2.35. The fraction of sp³-hybridized carbons (Fsp3) is 0.250. The molecule has 2 aromatic carbocycles. The van der Waals surface area contributed by atoms with E-state index in [1.165, 1.54) is 0 Å². The van der Waals surface area contributed by atoms with E-state index >= 15 is 0 Å². The summed E-state index contributed by atoms with van der Waals surface area (Å²) in [5, 5.41) is 13.1. The average Bonchev–Trinajstić information content (AvgIpc) is 3.06. The third-order valence-corrected chi connectivity index (χ3v) is 4.42. The molecule has 0 radical (unpaired) electrons. The minimum absolute atomic E-state index is 0.00999. The molecule has 3 rings (SSSR count). The number of aliphatic hydroxyl groups is 1. The smallest absolute Gasteiger partial charge is 0.383 e. The number of carbonyl (C=O) groups is 1. The van der Waals surface area contributed by atoms with Crippen molar-refractivity contribution in [2.24, 2.45) is 0 Å². The number of H-pyrrole nitrogens is 1. The number of carbonyl (C=O) groups excluding carboxylic acids is 1. The number of alkyl halides is 6. The van der Waals surface area contributed by atoms with E-state index in [-0.39, 0.29) is 18.1 Å². The van der Waals surface area contributed by atoms with E-state index in [2.05, 4.69) is 10.3 Å². The van der Waals surface area contributed by atoms with Gasteiger partial charge >= 0.3 is 12.4 Å². The highest BCUT2D eigenvalue weighted by Crippen LogP contribution is 2.36. The van der Waals surface area contributed by atoms with Crippen LogP contribution in [-0.2, 0) is 30.1 Å². The zero-order valence-electron chi connectivity index (χ0n) is 15.2. The fourth-order valence-corrected chi connectivity index (χ4v) is 2.97. The summed E-state index contributed by atoms with van der Waals surface area (Å²) in [7, 11) is 0. The zero-order chi connectivity index (χ0) is 22.1. The minimum Gasteiger partial charge on any atom is -0.383 e. The van der Waals surface area contributed by atoms with Gasteiger partial charge in [-0.2, -0.15) is 26.3 Å². The highest BCUT2D eigenvalue weighted by Gasteiger charge is 2.36. The normalized spacial score (nSPS) is 13.4. The molecule has 4 nitrogen and oxygen atoms in total. The molecule has 0 saturated heterocycles. The van der Waals surface area contributed by atoms with Crippen molar-refractivity contribution in [3.63, 3.8) is 0 Å². The van der Waals surface area contributed by atoms with Gasteiger partial charge in [0.05, 0.1) is 11.1 Å². The zero-order valence-corrected chi connectivity index (χ0v) is 15.2. The molecule has 1 heterocycles. The number of aromatic amines is 1. The van der Waals surface area contributed by atoms with Crippen LogP contribution in [0.5, 0.6) is 0 Å². The largest absolute Gasteiger partial charge is 0.416 e. The molecule has 3 aromatic rings. The van der Waals surface area contributed by atoms with Crippen LogP contribution in [0.4, 0.5) is 26.3 Å². The first-order valence-electron chi connectivity index (χ1n) is 8.74.